The molecule has 0 saturated heterocycles. The van der Waals surface area contributed by atoms with Gasteiger partial charge in [0.05, 0.1) is 11.1 Å². The molecule has 1 aliphatic carbocycles. The number of aliphatic carboxylic acids is 1. The summed E-state index contributed by atoms with van der Waals surface area (Å²) in [5.41, 5.74) is 3.60. The molecule has 0 atom stereocenters. The van der Waals surface area contributed by atoms with Gasteiger partial charge in [0.1, 0.15) is 12.4 Å². The van der Waals surface area contributed by atoms with Crippen molar-refractivity contribution in [2.75, 3.05) is 13.1 Å². The van der Waals surface area contributed by atoms with Crippen LogP contribution in [0, 0.1) is 5.41 Å². The van der Waals surface area contributed by atoms with Crippen LogP contribution in [0.1, 0.15) is 29.7 Å². The molecule has 0 radical (unpaired) electrons. The van der Waals surface area contributed by atoms with Crippen LogP contribution in [0.2, 0.25) is 5.02 Å². The smallest absolute Gasteiger partial charge is 0.310 e. The predicted octanol–water partition coefficient (Wildman–Crippen LogP) is 4.60. The average molecular weight is 450 g/mol. The number of halogens is 1. The fourth-order valence-electron chi connectivity index (χ4n) is 4.11. The number of aromatic nitrogens is 2. The summed E-state index contributed by atoms with van der Waals surface area (Å²) in [5, 5.41) is 10.2. The van der Waals surface area contributed by atoms with Crippen LogP contribution in [0.4, 0.5) is 0 Å². The molecule has 32 heavy (non-hydrogen) atoms. The Morgan fingerprint density at radius 2 is 1.88 bits per heavy atom. The molecular weight excluding hydrogens is 426 g/mol. The predicted molar refractivity (Wildman–Crippen MR) is 122 cm³/mol. The molecule has 1 N–H and O–H groups in total. The Balaban J connectivity index is 1.22. The van der Waals surface area contributed by atoms with E-state index in [4.69, 9.17) is 21.3 Å². The highest BCUT2D eigenvalue weighted by atomic mass is 35.5. The van der Waals surface area contributed by atoms with E-state index in [9.17, 15) is 9.90 Å². The van der Waals surface area contributed by atoms with E-state index in [1.165, 1.54) is 0 Å². The van der Waals surface area contributed by atoms with E-state index >= 15 is 0 Å². The van der Waals surface area contributed by atoms with Gasteiger partial charge in [0.2, 0.25) is 0 Å². The lowest BCUT2D eigenvalue weighted by Gasteiger charge is -2.30. The largest absolute Gasteiger partial charge is 0.489 e. The Kier molecular flexibility index (Phi) is 5.57. The monoisotopic (exact) mass is 449 g/mol. The molecule has 6 nitrogen and oxygen atoms in total. The molecule has 2 aromatic carbocycles. The summed E-state index contributed by atoms with van der Waals surface area (Å²) in [5.74, 6) is 0.811. The minimum Gasteiger partial charge on any atom is -0.489 e. The zero-order valence-corrected chi connectivity index (χ0v) is 18.4. The summed E-state index contributed by atoms with van der Waals surface area (Å²) >= 11 is 5.92. The standard InChI is InChI=1S/C25H24ClN3O3/c26-20-5-1-17(2-6-20)15-32-21-7-3-18(4-8-21)23-27-13-19-14-29(12-9-22(19)28-23)16-25(10-11-25)24(30)31/h1-8,13H,9-12,14-16H2,(H,30,31). The van der Waals surface area contributed by atoms with E-state index in [0.29, 0.717) is 30.5 Å². The highest BCUT2D eigenvalue weighted by Gasteiger charge is 2.51. The highest BCUT2D eigenvalue weighted by molar-refractivity contribution is 6.30. The molecule has 7 heteroatoms. The van der Waals surface area contributed by atoms with Gasteiger partial charge in [-0.3, -0.25) is 9.69 Å². The number of rotatable bonds is 7. The maximum atomic E-state index is 11.5. The minimum atomic E-state index is -0.671. The lowest BCUT2D eigenvalue weighted by atomic mass is 10.0. The topological polar surface area (TPSA) is 75.5 Å². The molecule has 0 bridgehead atoms. The van der Waals surface area contributed by atoms with E-state index < -0.39 is 11.4 Å². The lowest BCUT2D eigenvalue weighted by Crippen LogP contribution is -2.38. The maximum Gasteiger partial charge on any atom is 0.310 e. The van der Waals surface area contributed by atoms with E-state index in [2.05, 4.69) is 9.88 Å². The first kappa shape index (κ1) is 20.9. The van der Waals surface area contributed by atoms with Crippen molar-refractivity contribution in [3.8, 4) is 17.1 Å². The Morgan fingerprint density at radius 3 is 2.56 bits per heavy atom. The van der Waals surface area contributed by atoms with Gasteiger partial charge in [-0.1, -0.05) is 23.7 Å². The van der Waals surface area contributed by atoms with Gasteiger partial charge in [-0.15, -0.1) is 0 Å². The number of benzene rings is 2. The molecule has 5 rings (SSSR count). The third kappa shape index (κ3) is 4.47. The minimum absolute atomic E-state index is 0.478. The zero-order chi connectivity index (χ0) is 22.1. The van der Waals surface area contributed by atoms with Gasteiger partial charge >= 0.3 is 5.97 Å². The first-order valence-electron chi connectivity index (χ1n) is 10.8. The number of hydrogen-bond acceptors (Lipinski definition) is 5. The molecular formula is C25H24ClN3O3. The average Bonchev–Trinajstić information content (AvgIpc) is 3.60. The van der Waals surface area contributed by atoms with Crippen molar-refractivity contribution in [2.45, 2.75) is 32.4 Å². The number of nitrogens with zero attached hydrogens (tertiary/aromatic N) is 3. The van der Waals surface area contributed by atoms with Crippen LogP contribution in [-0.2, 0) is 24.4 Å². The molecule has 2 heterocycles. The van der Waals surface area contributed by atoms with Crippen molar-refractivity contribution in [1.82, 2.24) is 14.9 Å². The lowest BCUT2D eigenvalue weighted by molar-refractivity contribution is -0.144. The van der Waals surface area contributed by atoms with E-state index in [0.717, 1.165) is 53.9 Å². The quantitative estimate of drug-likeness (QED) is 0.568. The van der Waals surface area contributed by atoms with Gasteiger partial charge in [-0.05, 0) is 54.8 Å². The van der Waals surface area contributed by atoms with Crippen LogP contribution in [0.15, 0.2) is 54.7 Å². The van der Waals surface area contributed by atoms with Crippen molar-refractivity contribution in [3.05, 3.63) is 76.6 Å². The van der Waals surface area contributed by atoms with Crippen LogP contribution in [-0.4, -0.2) is 39.0 Å². The van der Waals surface area contributed by atoms with Gasteiger partial charge < -0.3 is 9.84 Å². The SMILES string of the molecule is O=C(O)C1(CN2CCc3nc(-c4ccc(OCc5ccc(Cl)cc5)cc4)ncc3C2)CC1. The molecule has 0 unspecified atom stereocenters. The molecule has 1 aromatic heterocycles. The summed E-state index contributed by atoms with van der Waals surface area (Å²) in [7, 11) is 0. The van der Waals surface area contributed by atoms with Gasteiger partial charge in [0, 0.05) is 48.4 Å². The summed E-state index contributed by atoms with van der Waals surface area (Å²) in [6, 6.07) is 15.4. The maximum absolute atomic E-state index is 11.5. The number of hydrogen-bond donors (Lipinski definition) is 1. The van der Waals surface area contributed by atoms with Crippen LogP contribution in [0.5, 0.6) is 5.75 Å². The van der Waals surface area contributed by atoms with Crippen molar-refractivity contribution >= 4 is 17.6 Å². The van der Waals surface area contributed by atoms with E-state index in [1.807, 2.05) is 54.7 Å². The first-order valence-corrected chi connectivity index (χ1v) is 11.2. The molecule has 164 valence electrons. The van der Waals surface area contributed by atoms with Crippen molar-refractivity contribution in [3.63, 3.8) is 0 Å². The summed E-state index contributed by atoms with van der Waals surface area (Å²) in [4.78, 5) is 23.1. The molecule has 1 fully saturated rings. The Hall–Kier alpha value is -2.96. The van der Waals surface area contributed by atoms with Crippen LogP contribution in [0.25, 0.3) is 11.4 Å². The van der Waals surface area contributed by atoms with Crippen molar-refractivity contribution in [2.24, 2.45) is 5.41 Å². The van der Waals surface area contributed by atoms with Crippen LogP contribution >= 0.6 is 11.6 Å². The second-order valence-corrected chi connectivity index (χ2v) is 9.09. The number of carboxylic acid groups (broad SMARTS) is 1. The van der Waals surface area contributed by atoms with Gasteiger partial charge in [-0.2, -0.15) is 0 Å². The molecule has 1 saturated carbocycles. The van der Waals surface area contributed by atoms with Gasteiger partial charge in [-0.25, -0.2) is 9.97 Å². The zero-order valence-electron chi connectivity index (χ0n) is 17.6. The van der Waals surface area contributed by atoms with E-state index in [1.54, 1.807) is 0 Å². The second kappa shape index (κ2) is 8.52. The number of ether oxygens (including phenoxy) is 1. The summed E-state index contributed by atoms with van der Waals surface area (Å²) < 4.78 is 5.86. The third-order valence-corrected chi connectivity index (χ3v) is 6.53. The van der Waals surface area contributed by atoms with Gasteiger partial charge in [0.15, 0.2) is 5.82 Å². The fourth-order valence-corrected chi connectivity index (χ4v) is 4.24. The molecule has 1 aliphatic heterocycles. The number of fused-ring (bicyclic) bond motifs is 1. The van der Waals surface area contributed by atoms with Crippen molar-refractivity contribution < 1.29 is 14.6 Å². The number of carbonyl (C=O) groups is 1. The fraction of sp³-hybridized carbons (Fsp3) is 0.320. The molecule has 0 amide bonds. The second-order valence-electron chi connectivity index (χ2n) is 8.65. The highest BCUT2D eigenvalue weighted by Crippen LogP contribution is 2.47. The van der Waals surface area contributed by atoms with E-state index in [-0.39, 0.29) is 0 Å². The Bertz CT molecular complexity index is 1130. The van der Waals surface area contributed by atoms with Crippen LogP contribution < -0.4 is 4.74 Å². The van der Waals surface area contributed by atoms with Crippen LogP contribution in [0.3, 0.4) is 0 Å². The number of carboxylic acids is 1. The third-order valence-electron chi connectivity index (χ3n) is 6.28. The van der Waals surface area contributed by atoms with Gasteiger partial charge in [0.25, 0.3) is 0 Å². The summed E-state index contributed by atoms with van der Waals surface area (Å²) in [6.45, 7) is 2.63. The molecule has 2 aliphatic rings. The molecule has 0 spiro atoms. The Morgan fingerprint density at radius 1 is 1.12 bits per heavy atom. The normalized spacial score (nSPS) is 16.9. The molecule has 3 aromatic rings. The van der Waals surface area contributed by atoms with Crippen molar-refractivity contribution in [1.29, 1.82) is 0 Å². The first-order chi connectivity index (χ1) is 15.5. The Labute approximate surface area is 191 Å². The summed E-state index contributed by atoms with van der Waals surface area (Å²) in [6.07, 6.45) is 4.25.